The number of amides is 1. The van der Waals surface area contributed by atoms with Crippen LogP contribution < -0.4 is 4.90 Å². The van der Waals surface area contributed by atoms with Gasteiger partial charge in [-0.2, -0.15) is 18.2 Å². The van der Waals surface area contributed by atoms with Gasteiger partial charge in [-0.05, 0) is 37.3 Å². The molecule has 3 aromatic rings. The molecular formula is C20H16F3N3O2. The molecule has 8 heteroatoms. The van der Waals surface area contributed by atoms with Crippen molar-refractivity contribution < 1.29 is 22.5 Å². The Balaban J connectivity index is 1.56. The lowest BCUT2D eigenvalue weighted by Gasteiger charge is -2.18. The molecular weight excluding hydrogens is 371 g/mol. The number of anilines is 1. The lowest BCUT2D eigenvalue weighted by molar-refractivity contribution is -0.137. The van der Waals surface area contributed by atoms with Gasteiger partial charge in [-0.25, -0.2) is 0 Å². The average Bonchev–Trinajstić information content (AvgIpc) is 3.28. The molecule has 2 aromatic carbocycles. The summed E-state index contributed by atoms with van der Waals surface area (Å²) in [4.78, 5) is 18.1. The van der Waals surface area contributed by atoms with Gasteiger partial charge >= 0.3 is 6.18 Å². The van der Waals surface area contributed by atoms with Gasteiger partial charge in [0.15, 0.2) is 5.82 Å². The van der Waals surface area contributed by atoms with Crippen LogP contribution in [0.25, 0.3) is 11.5 Å². The Kier molecular flexibility index (Phi) is 4.41. The van der Waals surface area contributed by atoms with Crippen molar-refractivity contribution in [2.45, 2.75) is 25.4 Å². The third kappa shape index (κ3) is 3.49. The molecule has 0 aliphatic carbocycles. The van der Waals surface area contributed by atoms with Crippen LogP contribution in [0.1, 0.15) is 29.3 Å². The topological polar surface area (TPSA) is 59.2 Å². The van der Waals surface area contributed by atoms with Gasteiger partial charge in [0.05, 0.1) is 5.56 Å². The van der Waals surface area contributed by atoms with Crippen LogP contribution in [-0.4, -0.2) is 22.6 Å². The zero-order valence-corrected chi connectivity index (χ0v) is 14.9. The zero-order valence-electron chi connectivity index (χ0n) is 14.9. The van der Waals surface area contributed by atoms with Crippen LogP contribution in [0.3, 0.4) is 0 Å². The van der Waals surface area contributed by atoms with Crippen molar-refractivity contribution in [2.24, 2.45) is 0 Å². The van der Waals surface area contributed by atoms with Crippen molar-refractivity contribution in [3.8, 4) is 11.5 Å². The van der Waals surface area contributed by atoms with Crippen LogP contribution in [0.5, 0.6) is 0 Å². The first-order chi connectivity index (χ1) is 13.3. The van der Waals surface area contributed by atoms with E-state index in [1.165, 1.54) is 17.0 Å². The summed E-state index contributed by atoms with van der Waals surface area (Å²) in [5, 5.41) is 3.98. The fourth-order valence-corrected chi connectivity index (χ4v) is 3.28. The number of rotatable bonds is 3. The molecule has 1 unspecified atom stereocenters. The minimum absolute atomic E-state index is 0.114. The number of hydrogen-bond donors (Lipinski definition) is 0. The Morgan fingerprint density at radius 2 is 1.93 bits per heavy atom. The number of carbonyl (C=O) groups excluding carboxylic acids is 1. The van der Waals surface area contributed by atoms with E-state index in [2.05, 4.69) is 10.1 Å². The van der Waals surface area contributed by atoms with Crippen LogP contribution in [0.2, 0.25) is 0 Å². The van der Waals surface area contributed by atoms with Crippen molar-refractivity contribution in [2.75, 3.05) is 11.4 Å². The Morgan fingerprint density at radius 3 is 2.68 bits per heavy atom. The maximum Gasteiger partial charge on any atom is 0.416 e. The number of hydrogen-bond acceptors (Lipinski definition) is 4. The van der Waals surface area contributed by atoms with Crippen LogP contribution in [0.15, 0.2) is 53.1 Å². The van der Waals surface area contributed by atoms with E-state index in [0.29, 0.717) is 11.7 Å². The number of aromatic nitrogens is 2. The van der Waals surface area contributed by atoms with Gasteiger partial charge in [-0.3, -0.25) is 4.79 Å². The van der Waals surface area contributed by atoms with Crippen molar-refractivity contribution >= 4 is 11.6 Å². The largest absolute Gasteiger partial charge is 0.416 e. The summed E-state index contributed by atoms with van der Waals surface area (Å²) in [7, 11) is 0. The number of halogens is 3. The summed E-state index contributed by atoms with van der Waals surface area (Å²) in [6.07, 6.45) is -4.35. The molecule has 28 heavy (non-hydrogen) atoms. The number of aryl methyl sites for hydroxylation is 1. The van der Waals surface area contributed by atoms with E-state index in [1.54, 1.807) is 0 Å². The molecule has 5 nitrogen and oxygen atoms in total. The summed E-state index contributed by atoms with van der Waals surface area (Å²) in [6.45, 7) is 2.15. The molecule has 1 fully saturated rings. The molecule has 0 radical (unpaired) electrons. The fourth-order valence-electron chi connectivity index (χ4n) is 3.28. The van der Waals surface area contributed by atoms with Crippen molar-refractivity contribution in [3.05, 3.63) is 65.5 Å². The standard InChI is InChI=1S/C20H16F3N3O2/c1-12-4-2-5-13(8-12)19-24-18(25-28-19)14-9-17(27)26(11-14)16-7-3-6-15(10-16)20(21,22)23/h2-8,10,14H,9,11H2,1H3. The van der Waals surface area contributed by atoms with Crippen molar-refractivity contribution in [3.63, 3.8) is 0 Å². The first-order valence-corrected chi connectivity index (χ1v) is 8.69. The fraction of sp³-hybridized carbons (Fsp3) is 0.250. The van der Waals surface area contributed by atoms with Gasteiger partial charge in [-0.15, -0.1) is 0 Å². The monoisotopic (exact) mass is 387 g/mol. The molecule has 0 N–H and O–H groups in total. The molecule has 0 spiro atoms. The second-order valence-electron chi connectivity index (χ2n) is 6.78. The Morgan fingerprint density at radius 1 is 1.14 bits per heavy atom. The van der Waals surface area contributed by atoms with Crippen LogP contribution in [-0.2, 0) is 11.0 Å². The zero-order chi connectivity index (χ0) is 19.9. The average molecular weight is 387 g/mol. The summed E-state index contributed by atoms with van der Waals surface area (Å²) in [6, 6.07) is 12.3. The molecule has 2 heterocycles. The van der Waals surface area contributed by atoms with Crippen LogP contribution >= 0.6 is 0 Å². The van der Waals surface area contributed by atoms with E-state index in [0.717, 1.165) is 23.3 Å². The van der Waals surface area contributed by atoms with E-state index in [-0.39, 0.29) is 30.5 Å². The Hall–Kier alpha value is -3.16. The quantitative estimate of drug-likeness (QED) is 0.660. The number of benzene rings is 2. The molecule has 1 atom stereocenters. The van der Waals surface area contributed by atoms with Crippen molar-refractivity contribution in [1.29, 1.82) is 0 Å². The van der Waals surface area contributed by atoms with E-state index >= 15 is 0 Å². The molecule has 4 rings (SSSR count). The lowest BCUT2D eigenvalue weighted by atomic mass is 10.1. The predicted octanol–water partition coefficient (Wildman–Crippen LogP) is 4.58. The second kappa shape index (κ2) is 6.78. The third-order valence-electron chi connectivity index (χ3n) is 4.68. The minimum atomic E-state index is -4.46. The van der Waals surface area contributed by atoms with Gasteiger partial charge in [0.25, 0.3) is 5.89 Å². The molecule has 0 saturated carbocycles. The number of carbonyl (C=O) groups is 1. The Labute approximate surface area is 158 Å². The molecule has 1 amide bonds. The smallest absolute Gasteiger partial charge is 0.334 e. The number of nitrogens with zero attached hydrogens (tertiary/aromatic N) is 3. The maximum atomic E-state index is 13.0. The molecule has 144 valence electrons. The summed E-state index contributed by atoms with van der Waals surface area (Å²) in [5.74, 6) is 0.110. The Bertz CT molecular complexity index is 1030. The van der Waals surface area contributed by atoms with Gasteiger partial charge < -0.3 is 9.42 Å². The first kappa shape index (κ1) is 18.2. The minimum Gasteiger partial charge on any atom is -0.334 e. The van der Waals surface area contributed by atoms with Crippen LogP contribution in [0, 0.1) is 6.92 Å². The SMILES string of the molecule is Cc1cccc(-c2nc(C3CC(=O)N(c4cccc(C(F)(F)F)c4)C3)no2)c1. The van der Waals surface area contributed by atoms with Gasteiger partial charge in [-0.1, -0.05) is 28.9 Å². The second-order valence-corrected chi connectivity index (χ2v) is 6.78. The van der Waals surface area contributed by atoms with Crippen molar-refractivity contribution in [1.82, 2.24) is 10.1 Å². The predicted molar refractivity (Wildman–Crippen MR) is 95.6 cm³/mol. The molecule has 1 aliphatic heterocycles. The van der Waals surface area contributed by atoms with E-state index in [4.69, 9.17) is 4.52 Å². The van der Waals surface area contributed by atoms with E-state index < -0.39 is 11.7 Å². The molecule has 1 aromatic heterocycles. The summed E-state index contributed by atoms with van der Waals surface area (Å²) < 4.78 is 44.2. The third-order valence-corrected chi connectivity index (χ3v) is 4.68. The molecule has 1 aliphatic rings. The van der Waals surface area contributed by atoms with E-state index in [9.17, 15) is 18.0 Å². The van der Waals surface area contributed by atoms with Gasteiger partial charge in [0.1, 0.15) is 0 Å². The van der Waals surface area contributed by atoms with E-state index in [1.807, 2.05) is 31.2 Å². The number of alkyl halides is 3. The normalized spacial score (nSPS) is 17.4. The summed E-state index contributed by atoms with van der Waals surface area (Å²) >= 11 is 0. The lowest BCUT2D eigenvalue weighted by Crippen LogP contribution is -2.24. The highest BCUT2D eigenvalue weighted by Crippen LogP contribution is 2.35. The maximum absolute atomic E-state index is 13.0. The highest BCUT2D eigenvalue weighted by Gasteiger charge is 2.36. The van der Waals surface area contributed by atoms with Gasteiger partial charge in [0, 0.05) is 30.1 Å². The molecule has 1 saturated heterocycles. The first-order valence-electron chi connectivity index (χ1n) is 8.69. The highest BCUT2D eigenvalue weighted by atomic mass is 19.4. The van der Waals surface area contributed by atoms with Gasteiger partial charge in [0.2, 0.25) is 5.91 Å². The summed E-state index contributed by atoms with van der Waals surface area (Å²) in [5.41, 5.74) is 1.24. The van der Waals surface area contributed by atoms with Crippen LogP contribution in [0.4, 0.5) is 18.9 Å². The highest BCUT2D eigenvalue weighted by molar-refractivity contribution is 5.96. The molecule has 0 bridgehead atoms.